The Labute approximate surface area is 133 Å². The molecule has 1 aromatic carbocycles. The van der Waals surface area contributed by atoms with Crippen LogP contribution in [0.5, 0.6) is 0 Å². The topological polar surface area (TPSA) is 77.2 Å². The van der Waals surface area contributed by atoms with Crippen molar-refractivity contribution in [3.63, 3.8) is 0 Å². The van der Waals surface area contributed by atoms with E-state index >= 15 is 0 Å². The summed E-state index contributed by atoms with van der Waals surface area (Å²) in [6.45, 7) is 5.78. The third-order valence-electron chi connectivity index (χ3n) is 3.46. The van der Waals surface area contributed by atoms with E-state index in [2.05, 4.69) is 15.3 Å². The molecule has 0 amide bonds. The van der Waals surface area contributed by atoms with Crippen LogP contribution in [0.3, 0.4) is 0 Å². The zero-order valence-corrected chi connectivity index (χ0v) is 13.2. The van der Waals surface area contributed by atoms with Gasteiger partial charge in [-0.3, -0.25) is 0 Å². The maximum atomic E-state index is 12.2. The summed E-state index contributed by atoms with van der Waals surface area (Å²) < 4.78 is 10.7. The van der Waals surface area contributed by atoms with Gasteiger partial charge in [0.1, 0.15) is 23.5 Å². The number of ether oxygens (including phenoxy) is 1. The molecule has 0 saturated carbocycles. The maximum Gasteiger partial charge on any atom is 0.342 e. The van der Waals surface area contributed by atoms with E-state index in [4.69, 9.17) is 9.15 Å². The fourth-order valence-corrected chi connectivity index (χ4v) is 2.36. The standard InChI is InChI=1S/C17H17N3O3/c1-4-22-17(21)13-11(3)23-16-14(13)15(18-9-19-16)20-12-7-5-10(2)6-8-12/h5-9H,4H2,1-3H3,(H,18,19,20). The molecule has 3 aromatic rings. The lowest BCUT2D eigenvalue weighted by Gasteiger charge is -2.07. The quantitative estimate of drug-likeness (QED) is 0.739. The lowest BCUT2D eigenvalue weighted by molar-refractivity contribution is 0.0526. The molecule has 6 nitrogen and oxygen atoms in total. The van der Waals surface area contributed by atoms with Crippen molar-refractivity contribution in [1.29, 1.82) is 0 Å². The molecule has 118 valence electrons. The second-order valence-electron chi connectivity index (χ2n) is 5.15. The van der Waals surface area contributed by atoms with Crippen LogP contribution in [0.2, 0.25) is 0 Å². The number of carbonyl (C=O) groups excluding carboxylic acids is 1. The first kappa shape index (κ1) is 15.0. The molecule has 0 atom stereocenters. The Bertz CT molecular complexity index is 853. The zero-order chi connectivity index (χ0) is 16.4. The third kappa shape index (κ3) is 2.88. The molecule has 23 heavy (non-hydrogen) atoms. The molecule has 0 fully saturated rings. The van der Waals surface area contributed by atoms with Gasteiger partial charge in [-0.25, -0.2) is 14.8 Å². The number of hydrogen-bond acceptors (Lipinski definition) is 6. The van der Waals surface area contributed by atoms with Crippen LogP contribution in [0.25, 0.3) is 11.1 Å². The average molecular weight is 311 g/mol. The van der Waals surface area contributed by atoms with Crippen LogP contribution in [0.4, 0.5) is 11.5 Å². The minimum Gasteiger partial charge on any atom is -0.462 e. The van der Waals surface area contributed by atoms with Gasteiger partial charge in [0, 0.05) is 5.69 Å². The number of hydrogen-bond donors (Lipinski definition) is 1. The molecule has 0 saturated heterocycles. The molecule has 0 radical (unpaired) electrons. The van der Waals surface area contributed by atoms with Crippen molar-refractivity contribution in [2.45, 2.75) is 20.8 Å². The van der Waals surface area contributed by atoms with Gasteiger partial charge in [0.25, 0.3) is 0 Å². The van der Waals surface area contributed by atoms with Gasteiger partial charge < -0.3 is 14.5 Å². The number of carbonyl (C=O) groups is 1. The molecule has 0 spiro atoms. The minimum atomic E-state index is -0.439. The monoisotopic (exact) mass is 311 g/mol. The van der Waals surface area contributed by atoms with Gasteiger partial charge in [-0.1, -0.05) is 17.7 Å². The molecule has 0 aliphatic heterocycles. The molecule has 1 N–H and O–H groups in total. The Morgan fingerprint density at radius 3 is 2.65 bits per heavy atom. The fraction of sp³-hybridized carbons (Fsp3) is 0.235. The van der Waals surface area contributed by atoms with Gasteiger partial charge in [-0.05, 0) is 32.9 Å². The summed E-state index contributed by atoms with van der Waals surface area (Å²) in [5.74, 6) is 0.537. The van der Waals surface area contributed by atoms with Crippen molar-refractivity contribution in [2.75, 3.05) is 11.9 Å². The van der Waals surface area contributed by atoms with Crippen LogP contribution >= 0.6 is 0 Å². The van der Waals surface area contributed by atoms with Crippen molar-refractivity contribution in [1.82, 2.24) is 9.97 Å². The molecule has 3 rings (SSSR count). The Kier molecular flexibility index (Phi) is 3.97. The normalized spacial score (nSPS) is 10.7. The van der Waals surface area contributed by atoms with Gasteiger partial charge in [-0.15, -0.1) is 0 Å². The van der Waals surface area contributed by atoms with Crippen LogP contribution in [-0.2, 0) is 4.74 Å². The molecule has 0 unspecified atom stereocenters. The Hall–Kier alpha value is -2.89. The summed E-state index contributed by atoms with van der Waals surface area (Å²) in [7, 11) is 0. The second-order valence-corrected chi connectivity index (χ2v) is 5.15. The molecular formula is C17H17N3O3. The zero-order valence-electron chi connectivity index (χ0n) is 13.2. The number of esters is 1. The maximum absolute atomic E-state index is 12.2. The minimum absolute atomic E-state index is 0.291. The molecule has 0 aliphatic carbocycles. The van der Waals surface area contributed by atoms with E-state index in [-0.39, 0.29) is 0 Å². The highest BCUT2D eigenvalue weighted by Crippen LogP contribution is 2.31. The predicted octanol–water partition coefficient (Wildman–Crippen LogP) is 3.76. The van der Waals surface area contributed by atoms with E-state index in [9.17, 15) is 4.79 Å². The highest BCUT2D eigenvalue weighted by atomic mass is 16.5. The first-order valence-electron chi connectivity index (χ1n) is 7.35. The predicted molar refractivity (Wildman–Crippen MR) is 87.0 cm³/mol. The van der Waals surface area contributed by atoms with Crippen LogP contribution in [0.1, 0.15) is 28.6 Å². The smallest absolute Gasteiger partial charge is 0.342 e. The van der Waals surface area contributed by atoms with E-state index < -0.39 is 5.97 Å². The molecular weight excluding hydrogens is 294 g/mol. The summed E-state index contributed by atoms with van der Waals surface area (Å²) in [6.07, 6.45) is 1.40. The number of aryl methyl sites for hydroxylation is 2. The highest BCUT2D eigenvalue weighted by Gasteiger charge is 2.23. The lowest BCUT2D eigenvalue weighted by atomic mass is 10.1. The van der Waals surface area contributed by atoms with Gasteiger partial charge in [0.05, 0.1) is 12.0 Å². The Morgan fingerprint density at radius 1 is 1.22 bits per heavy atom. The Morgan fingerprint density at radius 2 is 1.96 bits per heavy atom. The van der Waals surface area contributed by atoms with Crippen LogP contribution in [0, 0.1) is 13.8 Å². The van der Waals surface area contributed by atoms with E-state index in [0.717, 1.165) is 11.3 Å². The summed E-state index contributed by atoms with van der Waals surface area (Å²) in [5.41, 5.74) is 2.74. The van der Waals surface area contributed by atoms with Crippen molar-refractivity contribution in [2.24, 2.45) is 0 Å². The number of aromatic nitrogens is 2. The fourth-order valence-electron chi connectivity index (χ4n) is 2.36. The number of nitrogens with zero attached hydrogens (tertiary/aromatic N) is 2. The van der Waals surface area contributed by atoms with Crippen LogP contribution < -0.4 is 5.32 Å². The van der Waals surface area contributed by atoms with E-state index in [0.29, 0.717) is 34.8 Å². The molecule has 2 heterocycles. The van der Waals surface area contributed by atoms with Crippen molar-refractivity contribution < 1.29 is 13.9 Å². The number of furan rings is 1. The second kappa shape index (κ2) is 6.08. The van der Waals surface area contributed by atoms with E-state index in [1.165, 1.54) is 6.33 Å². The summed E-state index contributed by atoms with van der Waals surface area (Å²) in [5, 5.41) is 3.74. The van der Waals surface area contributed by atoms with Crippen molar-refractivity contribution in [3.8, 4) is 0 Å². The SMILES string of the molecule is CCOC(=O)c1c(C)oc2ncnc(Nc3ccc(C)cc3)c12. The average Bonchev–Trinajstić information content (AvgIpc) is 2.87. The molecule has 6 heteroatoms. The summed E-state index contributed by atoms with van der Waals surface area (Å²) in [4.78, 5) is 20.6. The van der Waals surface area contributed by atoms with Crippen LogP contribution in [-0.4, -0.2) is 22.5 Å². The van der Waals surface area contributed by atoms with Gasteiger partial charge >= 0.3 is 5.97 Å². The number of rotatable bonds is 4. The van der Waals surface area contributed by atoms with E-state index in [1.54, 1.807) is 13.8 Å². The molecule has 0 aliphatic rings. The molecule has 0 bridgehead atoms. The number of nitrogens with one attached hydrogen (secondary N) is 1. The number of benzene rings is 1. The van der Waals surface area contributed by atoms with Gasteiger partial charge in [0.15, 0.2) is 0 Å². The number of fused-ring (bicyclic) bond motifs is 1. The first-order chi connectivity index (χ1) is 11.1. The van der Waals surface area contributed by atoms with Gasteiger partial charge in [0.2, 0.25) is 5.71 Å². The van der Waals surface area contributed by atoms with Crippen molar-refractivity contribution >= 4 is 28.6 Å². The summed E-state index contributed by atoms with van der Waals surface area (Å²) >= 11 is 0. The summed E-state index contributed by atoms with van der Waals surface area (Å²) in [6, 6.07) is 7.88. The lowest BCUT2D eigenvalue weighted by Crippen LogP contribution is -2.06. The Balaban J connectivity index is 2.09. The molecule has 2 aromatic heterocycles. The largest absolute Gasteiger partial charge is 0.462 e. The third-order valence-corrected chi connectivity index (χ3v) is 3.46. The number of anilines is 2. The van der Waals surface area contributed by atoms with Gasteiger partial charge in [-0.2, -0.15) is 0 Å². The van der Waals surface area contributed by atoms with E-state index in [1.807, 2.05) is 31.2 Å². The highest BCUT2D eigenvalue weighted by molar-refractivity contribution is 6.08. The van der Waals surface area contributed by atoms with Crippen molar-refractivity contribution in [3.05, 3.63) is 47.5 Å². The first-order valence-corrected chi connectivity index (χ1v) is 7.35. The van der Waals surface area contributed by atoms with Crippen LogP contribution in [0.15, 0.2) is 35.0 Å².